The van der Waals surface area contributed by atoms with Gasteiger partial charge in [-0.2, -0.15) is 0 Å². The van der Waals surface area contributed by atoms with Gasteiger partial charge in [-0.25, -0.2) is 4.79 Å². The fraction of sp³-hybridized carbons (Fsp3) is 0.429. The molecule has 0 radical (unpaired) electrons. The fourth-order valence-corrected chi connectivity index (χ4v) is 1.72. The summed E-state index contributed by atoms with van der Waals surface area (Å²) in [6, 6.07) is 8.47. The molecule has 0 heterocycles. The third-order valence-corrected chi connectivity index (χ3v) is 2.55. The summed E-state index contributed by atoms with van der Waals surface area (Å²) in [5.41, 5.74) is 0.878. The number of nitrogens with one attached hydrogen (secondary N) is 1. The Morgan fingerprint density at radius 2 is 1.83 bits per heavy atom. The molecular formula is C14H19NO3. The van der Waals surface area contributed by atoms with Gasteiger partial charge in [-0.15, -0.1) is 0 Å². The van der Waals surface area contributed by atoms with E-state index in [0.29, 0.717) is 6.42 Å². The average Bonchev–Trinajstić information content (AvgIpc) is 2.28. The predicted octanol–water partition coefficient (Wildman–Crippen LogP) is 1.84. The van der Waals surface area contributed by atoms with Gasteiger partial charge in [0.05, 0.1) is 6.42 Å². The maximum absolute atomic E-state index is 11.7. The van der Waals surface area contributed by atoms with Crippen LogP contribution in [0.1, 0.15) is 25.8 Å². The molecule has 4 nitrogen and oxygen atoms in total. The molecule has 0 bridgehead atoms. The van der Waals surface area contributed by atoms with Crippen LogP contribution in [0.5, 0.6) is 0 Å². The topological polar surface area (TPSA) is 66.4 Å². The number of amides is 1. The molecule has 0 aliphatic heterocycles. The highest BCUT2D eigenvalue weighted by atomic mass is 16.4. The highest BCUT2D eigenvalue weighted by Crippen LogP contribution is 2.06. The highest BCUT2D eigenvalue weighted by molar-refractivity contribution is 5.84. The maximum atomic E-state index is 11.7. The summed E-state index contributed by atoms with van der Waals surface area (Å²) < 4.78 is 0. The molecule has 0 aliphatic rings. The van der Waals surface area contributed by atoms with E-state index in [9.17, 15) is 9.59 Å². The van der Waals surface area contributed by atoms with E-state index in [4.69, 9.17) is 5.11 Å². The van der Waals surface area contributed by atoms with E-state index in [1.807, 2.05) is 44.2 Å². The van der Waals surface area contributed by atoms with Gasteiger partial charge in [0, 0.05) is 0 Å². The zero-order valence-electron chi connectivity index (χ0n) is 10.7. The number of carbonyl (C=O) groups is 2. The van der Waals surface area contributed by atoms with Gasteiger partial charge in [0.2, 0.25) is 5.91 Å². The second-order valence-corrected chi connectivity index (χ2v) is 4.75. The molecule has 0 aliphatic carbocycles. The van der Waals surface area contributed by atoms with Crippen molar-refractivity contribution < 1.29 is 14.7 Å². The Hall–Kier alpha value is -1.84. The highest BCUT2D eigenvalue weighted by Gasteiger charge is 2.20. The molecule has 1 atom stereocenters. The standard InChI is InChI=1S/C14H19NO3/c1-10(2)8-12(14(17)18)15-13(16)9-11-6-4-3-5-7-11/h3-7,10,12H,8-9H2,1-2H3,(H,15,16)(H,17,18). The van der Waals surface area contributed by atoms with Crippen LogP contribution in [0.25, 0.3) is 0 Å². The Balaban J connectivity index is 2.54. The van der Waals surface area contributed by atoms with Crippen molar-refractivity contribution in [3.05, 3.63) is 35.9 Å². The van der Waals surface area contributed by atoms with Crippen LogP contribution in [0.15, 0.2) is 30.3 Å². The van der Waals surface area contributed by atoms with Gasteiger partial charge in [0.15, 0.2) is 0 Å². The lowest BCUT2D eigenvalue weighted by Crippen LogP contribution is -2.42. The van der Waals surface area contributed by atoms with E-state index in [2.05, 4.69) is 5.32 Å². The first kappa shape index (κ1) is 14.2. The zero-order valence-corrected chi connectivity index (χ0v) is 10.7. The minimum absolute atomic E-state index is 0.211. The molecule has 0 spiro atoms. The molecule has 0 aromatic heterocycles. The molecule has 1 aromatic carbocycles. The first-order valence-electron chi connectivity index (χ1n) is 6.05. The van der Waals surface area contributed by atoms with E-state index in [0.717, 1.165) is 5.56 Å². The van der Waals surface area contributed by atoms with E-state index >= 15 is 0 Å². The monoisotopic (exact) mass is 249 g/mol. The Morgan fingerprint density at radius 3 is 2.33 bits per heavy atom. The smallest absolute Gasteiger partial charge is 0.326 e. The largest absolute Gasteiger partial charge is 0.480 e. The van der Waals surface area contributed by atoms with Gasteiger partial charge in [-0.05, 0) is 17.9 Å². The number of benzene rings is 1. The van der Waals surface area contributed by atoms with Crippen molar-refractivity contribution in [3.8, 4) is 0 Å². The predicted molar refractivity (Wildman–Crippen MR) is 69.2 cm³/mol. The molecule has 18 heavy (non-hydrogen) atoms. The SMILES string of the molecule is CC(C)CC(NC(=O)Cc1ccccc1)C(=O)O. The molecule has 2 N–H and O–H groups in total. The second-order valence-electron chi connectivity index (χ2n) is 4.75. The maximum Gasteiger partial charge on any atom is 0.326 e. The molecule has 1 unspecified atom stereocenters. The van der Waals surface area contributed by atoms with Crippen molar-refractivity contribution in [2.75, 3.05) is 0 Å². The van der Waals surface area contributed by atoms with Crippen LogP contribution in [0, 0.1) is 5.92 Å². The summed E-state index contributed by atoms with van der Waals surface area (Å²) in [5, 5.41) is 11.6. The van der Waals surface area contributed by atoms with Crippen LogP contribution in [-0.2, 0) is 16.0 Å². The van der Waals surface area contributed by atoms with Crippen LogP contribution in [0.2, 0.25) is 0 Å². The molecule has 1 amide bonds. The molecule has 1 rings (SSSR count). The average molecular weight is 249 g/mol. The van der Waals surface area contributed by atoms with Gasteiger partial charge >= 0.3 is 5.97 Å². The molecular weight excluding hydrogens is 230 g/mol. The molecule has 4 heteroatoms. The normalized spacial score (nSPS) is 12.2. The third-order valence-electron chi connectivity index (χ3n) is 2.55. The quantitative estimate of drug-likeness (QED) is 0.808. The van der Waals surface area contributed by atoms with Crippen molar-refractivity contribution in [2.24, 2.45) is 5.92 Å². The summed E-state index contributed by atoms with van der Waals surface area (Å²) in [6.45, 7) is 3.86. The Labute approximate surface area is 107 Å². The Bertz CT molecular complexity index is 401. The molecule has 0 fully saturated rings. The van der Waals surface area contributed by atoms with Crippen molar-refractivity contribution in [1.29, 1.82) is 0 Å². The lowest BCUT2D eigenvalue weighted by atomic mass is 10.0. The summed E-state index contributed by atoms with van der Waals surface area (Å²) in [6.07, 6.45) is 0.651. The number of carboxylic acids is 1. The molecule has 98 valence electrons. The minimum atomic E-state index is -0.981. The van der Waals surface area contributed by atoms with Gasteiger partial charge < -0.3 is 10.4 Å². The van der Waals surface area contributed by atoms with Gasteiger partial charge in [-0.3, -0.25) is 4.79 Å². The third kappa shape index (κ3) is 4.99. The Morgan fingerprint density at radius 1 is 1.22 bits per heavy atom. The number of carbonyl (C=O) groups excluding carboxylic acids is 1. The summed E-state index contributed by atoms with van der Waals surface area (Å²) >= 11 is 0. The van der Waals surface area contributed by atoms with Crippen molar-refractivity contribution >= 4 is 11.9 Å². The van der Waals surface area contributed by atoms with Crippen LogP contribution in [0.4, 0.5) is 0 Å². The number of rotatable bonds is 6. The van der Waals surface area contributed by atoms with E-state index < -0.39 is 12.0 Å². The Kier molecular flexibility index (Phi) is 5.36. The van der Waals surface area contributed by atoms with E-state index in [1.54, 1.807) is 0 Å². The zero-order chi connectivity index (χ0) is 13.5. The first-order valence-corrected chi connectivity index (χ1v) is 6.05. The van der Waals surface area contributed by atoms with Crippen LogP contribution in [0.3, 0.4) is 0 Å². The van der Waals surface area contributed by atoms with Crippen molar-refractivity contribution in [3.63, 3.8) is 0 Å². The molecule has 0 saturated carbocycles. The summed E-state index contributed by atoms with van der Waals surface area (Å²) in [7, 11) is 0. The van der Waals surface area contributed by atoms with Gasteiger partial charge in [0.1, 0.15) is 6.04 Å². The molecule has 0 saturated heterocycles. The first-order chi connectivity index (χ1) is 8.49. The van der Waals surface area contributed by atoms with Crippen LogP contribution in [-0.4, -0.2) is 23.0 Å². The number of hydrogen-bond acceptors (Lipinski definition) is 2. The number of aliphatic carboxylic acids is 1. The summed E-state index contributed by atoms with van der Waals surface area (Å²) in [5.74, 6) is -1.01. The van der Waals surface area contributed by atoms with Crippen LogP contribution < -0.4 is 5.32 Å². The van der Waals surface area contributed by atoms with Crippen molar-refractivity contribution in [1.82, 2.24) is 5.32 Å². The second kappa shape index (κ2) is 6.79. The van der Waals surface area contributed by atoms with E-state index in [-0.39, 0.29) is 18.2 Å². The lowest BCUT2D eigenvalue weighted by molar-refractivity contribution is -0.142. The molecule has 1 aromatic rings. The fourth-order valence-electron chi connectivity index (χ4n) is 1.72. The van der Waals surface area contributed by atoms with Crippen molar-refractivity contribution in [2.45, 2.75) is 32.7 Å². The lowest BCUT2D eigenvalue weighted by Gasteiger charge is -2.16. The minimum Gasteiger partial charge on any atom is -0.480 e. The van der Waals surface area contributed by atoms with E-state index in [1.165, 1.54) is 0 Å². The van der Waals surface area contributed by atoms with Gasteiger partial charge in [-0.1, -0.05) is 44.2 Å². The van der Waals surface area contributed by atoms with Crippen LogP contribution >= 0.6 is 0 Å². The summed E-state index contributed by atoms with van der Waals surface area (Å²) in [4.78, 5) is 22.7. The number of carboxylic acid groups (broad SMARTS) is 1. The number of hydrogen-bond donors (Lipinski definition) is 2. The van der Waals surface area contributed by atoms with Gasteiger partial charge in [0.25, 0.3) is 0 Å².